The highest BCUT2D eigenvalue weighted by Gasteiger charge is 2.32. The van der Waals surface area contributed by atoms with E-state index in [1.54, 1.807) is 6.66 Å². The van der Waals surface area contributed by atoms with Gasteiger partial charge < -0.3 is 14.3 Å². The smallest absolute Gasteiger partial charge is 0.330 e. The highest BCUT2D eigenvalue weighted by atomic mass is 31.2. The van der Waals surface area contributed by atoms with Gasteiger partial charge in [0.1, 0.15) is 0 Å². The quantitative estimate of drug-likeness (QED) is 0.717. The summed E-state index contributed by atoms with van der Waals surface area (Å²) in [6.07, 6.45) is 0. The largest absolute Gasteiger partial charge is 0.332 e. The first-order valence-electron chi connectivity index (χ1n) is 5.25. The maximum atomic E-state index is 11.4. The van der Waals surface area contributed by atoms with Gasteiger partial charge in [-0.3, -0.25) is 9.13 Å². The Labute approximate surface area is 112 Å². The summed E-state index contributed by atoms with van der Waals surface area (Å²) in [5.41, 5.74) is 0. The average molecular weight is 304 g/mol. The molecule has 0 aromatic heterocycles. The molecule has 0 aliphatic heterocycles. The third-order valence-electron chi connectivity index (χ3n) is 2.44. The van der Waals surface area contributed by atoms with Crippen molar-refractivity contribution in [2.45, 2.75) is 59.3 Å². The van der Waals surface area contributed by atoms with E-state index in [1.165, 1.54) is 27.9 Å². The van der Waals surface area contributed by atoms with E-state index in [0.717, 1.165) is 0 Å². The number of rotatable bonds is 1. The molecule has 114 valence electrons. The SMILES string of the molecule is C.CC(C)(C)P(=O)(O)O.COP(C)(=O)C(C)(C)C. The molecule has 0 radical (unpaired) electrons. The molecular formula is C11H30O5P2. The van der Waals surface area contributed by atoms with Crippen LogP contribution < -0.4 is 0 Å². The topological polar surface area (TPSA) is 83.8 Å². The maximum Gasteiger partial charge on any atom is 0.330 e. The predicted octanol–water partition coefficient (Wildman–Crippen LogP) is 3.94. The first-order valence-corrected chi connectivity index (χ1v) is 8.93. The van der Waals surface area contributed by atoms with Crippen molar-refractivity contribution in [3.8, 4) is 0 Å². The lowest BCUT2D eigenvalue weighted by atomic mass is 10.3. The Morgan fingerprint density at radius 2 is 1.11 bits per heavy atom. The monoisotopic (exact) mass is 304 g/mol. The van der Waals surface area contributed by atoms with Gasteiger partial charge in [-0.25, -0.2) is 0 Å². The van der Waals surface area contributed by atoms with Crippen LogP contribution in [0.15, 0.2) is 0 Å². The molecule has 0 saturated carbocycles. The van der Waals surface area contributed by atoms with Crippen LogP contribution in [0.4, 0.5) is 0 Å². The van der Waals surface area contributed by atoms with E-state index in [0.29, 0.717) is 0 Å². The van der Waals surface area contributed by atoms with Crippen LogP contribution in [0.3, 0.4) is 0 Å². The molecule has 0 amide bonds. The summed E-state index contributed by atoms with van der Waals surface area (Å²) in [5.74, 6) is 0. The second-order valence-electron chi connectivity index (χ2n) is 5.91. The Morgan fingerprint density at radius 3 is 1.11 bits per heavy atom. The number of hydrogen-bond acceptors (Lipinski definition) is 3. The summed E-state index contributed by atoms with van der Waals surface area (Å²) >= 11 is 0. The second kappa shape index (κ2) is 7.21. The maximum absolute atomic E-state index is 11.4. The van der Waals surface area contributed by atoms with Crippen molar-refractivity contribution in [2.24, 2.45) is 0 Å². The Bertz CT molecular complexity index is 319. The van der Waals surface area contributed by atoms with Gasteiger partial charge >= 0.3 is 7.60 Å². The van der Waals surface area contributed by atoms with Crippen molar-refractivity contribution in [2.75, 3.05) is 13.8 Å². The molecular weight excluding hydrogens is 274 g/mol. The van der Waals surface area contributed by atoms with Crippen LogP contribution in [0.1, 0.15) is 49.0 Å². The van der Waals surface area contributed by atoms with E-state index < -0.39 is 20.1 Å². The molecule has 1 atom stereocenters. The van der Waals surface area contributed by atoms with E-state index in [1.807, 2.05) is 20.8 Å². The summed E-state index contributed by atoms with van der Waals surface area (Å²) in [6.45, 7) is 11.9. The lowest BCUT2D eigenvalue weighted by Crippen LogP contribution is -2.14. The van der Waals surface area contributed by atoms with E-state index in [-0.39, 0.29) is 12.6 Å². The van der Waals surface area contributed by atoms with Crippen LogP contribution >= 0.6 is 15.0 Å². The van der Waals surface area contributed by atoms with Crippen molar-refractivity contribution in [3.63, 3.8) is 0 Å². The molecule has 0 rings (SSSR count). The van der Waals surface area contributed by atoms with Crippen LogP contribution in [0, 0.1) is 0 Å². The van der Waals surface area contributed by atoms with Crippen LogP contribution in [-0.2, 0) is 13.7 Å². The van der Waals surface area contributed by atoms with Crippen molar-refractivity contribution < 1.29 is 23.4 Å². The predicted molar refractivity (Wildman–Crippen MR) is 78.8 cm³/mol. The van der Waals surface area contributed by atoms with Crippen molar-refractivity contribution in [1.29, 1.82) is 0 Å². The van der Waals surface area contributed by atoms with Crippen molar-refractivity contribution >= 4 is 15.0 Å². The summed E-state index contributed by atoms with van der Waals surface area (Å²) < 4.78 is 26.6. The van der Waals surface area contributed by atoms with Gasteiger partial charge in [0.2, 0.25) is 7.37 Å². The molecule has 0 aromatic rings. The van der Waals surface area contributed by atoms with Gasteiger partial charge in [-0.15, -0.1) is 0 Å². The van der Waals surface area contributed by atoms with Gasteiger partial charge in [-0.05, 0) is 20.8 Å². The molecule has 7 heteroatoms. The van der Waals surface area contributed by atoms with Gasteiger partial charge in [0.05, 0.1) is 5.16 Å². The minimum absolute atomic E-state index is 0. The van der Waals surface area contributed by atoms with Crippen LogP contribution in [0.25, 0.3) is 0 Å². The summed E-state index contributed by atoms with van der Waals surface area (Å²) in [6, 6.07) is 0. The molecule has 1 unspecified atom stereocenters. The van der Waals surface area contributed by atoms with Crippen LogP contribution in [-0.4, -0.2) is 33.9 Å². The molecule has 0 aliphatic carbocycles. The molecule has 0 aromatic carbocycles. The van der Waals surface area contributed by atoms with Gasteiger partial charge in [-0.1, -0.05) is 28.2 Å². The third kappa shape index (κ3) is 8.44. The van der Waals surface area contributed by atoms with Crippen LogP contribution in [0.5, 0.6) is 0 Å². The molecule has 0 heterocycles. The Hall–Kier alpha value is 0.340. The molecule has 2 N–H and O–H groups in total. The molecule has 0 spiro atoms. The fourth-order valence-electron chi connectivity index (χ4n) is 0.274. The Balaban J connectivity index is -0.000000238. The molecule has 0 bridgehead atoms. The van der Waals surface area contributed by atoms with Gasteiger partial charge in [-0.2, -0.15) is 0 Å². The van der Waals surface area contributed by atoms with E-state index >= 15 is 0 Å². The average Bonchev–Trinajstić information content (AvgIpc) is 1.99. The Morgan fingerprint density at radius 1 is 0.889 bits per heavy atom. The van der Waals surface area contributed by atoms with Crippen LogP contribution in [0.2, 0.25) is 0 Å². The zero-order chi connectivity index (χ0) is 14.7. The van der Waals surface area contributed by atoms with E-state index in [9.17, 15) is 9.13 Å². The molecule has 5 nitrogen and oxygen atoms in total. The highest BCUT2D eigenvalue weighted by Crippen LogP contribution is 2.54. The van der Waals surface area contributed by atoms with E-state index in [4.69, 9.17) is 14.3 Å². The first-order chi connectivity index (χ1) is 7.06. The lowest BCUT2D eigenvalue weighted by Gasteiger charge is -2.25. The van der Waals surface area contributed by atoms with Gasteiger partial charge in [0, 0.05) is 18.9 Å². The molecule has 0 fully saturated rings. The third-order valence-corrected chi connectivity index (χ3v) is 7.32. The normalized spacial score (nSPS) is 15.9. The first kappa shape index (κ1) is 23.4. The lowest BCUT2D eigenvalue weighted by molar-refractivity contribution is 0.342. The minimum Gasteiger partial charge on any atom is -0.332 e. The van der Waals surface area contributed by atoms with Gasteiger partial charge in [0.25, 0.3) is 0 Å². The Kier molecular flexibility index (Phi) is 9.39. The fourth-order valence-corrected chi connectivity index (χ4v) is 0.822. The zero-order valence-corrected chi connectivity index (χ0v) is 13.8. The summed E-state index contributed by atoms with van der Waals surface area (Å²) in [5, 5.41) is -1.12. The minimum atomic E-state index is -3.85. The van der Waals surface area contributed by atoms with Gasteiger partial charge in [0.15, 0.2) is 0 Å². The highest BCUT2D eigenvalue weighted by molar-refractivity contribution is 7.59. The fraction of sp³-hybridized carbons (Fsp3) is 1.00. The van der Waals surface area contributed by atoms with Crippen molar-refractivity contribution in [1.82, 2.24) is 0 Å². The zero-order valence-electron chi connectivity index (χ0n) is 12.0. The summed E-state index contributed by atoms with van der Waals surface area (Å²) in [4.78, 5) is 16.9. The molecule has 0 aliphatic rings. The second-order valence-corrected chi connectivity index (χ2v) is 11.7. The van der Waals surface area contributed by atoms with Crippen molar-refractivity contribution in [3.05, 3.63) is 0 Å². The molecule has 0 saturated heterocycles. The summed E-state index contributed by atoms with van der Waals surface area (Å²) in [7, 11) is -4.71. The molecule has 18 heavy (non-hydrogen) atoms. The van der Waals surface area contributed by atoms with E-state index in [2.05, 4.69) is 0 Å². The standard InChI is InChI=1S/C6H15O2P.C4H11O3P.CH4/c1-6(2,3)9(5,7)8-4;1-4(2,3)8(5,6)7;/h1-5H3;1-3H3,(H2,5,6,7);1H4. The number of hydrogen-bond donors (Lipinski definition) is 2.